The number of hydrogen-bond acceptors (Lipinski definition) is 3. The Bertz CT molecular complexity index is 350. The second-order valence-corrected chi connectivity index (χ2v) is 3.80. The molecule has 96 valence electrons. The van der Waals surface area contributed by atoms with Crippen LogP contribution in [0.15, 0.2) is 18.2 Å². The van der Waals surface area contributed by atoms with E-state index in [2.05, 4.69) is 10.1 Å². The molecule has 0 fully saturated rings. The molecule has 1 aromatic rings. The van der Waals surface area contributed by atoms with E-state index < -0.39 is 13.0 Å². The zero-order valence-electron chi connectivity index (χ0n) is 9.13. The van der Waals surface area contributed by atoms with E-state index in [1.165, 1.54) is 0 Å². The minimum atomic E-state index is -2.44. The first-order chi connectivity index (χ1) is 8.11. The first-order valence-corrected chi connectivity index (χ1v) is 5.52. The predicted molar refractivity (Wildman–Crippen MR) is 61.6 cm³/mol. The summed E-state index contributed by atoms with van der Waals surface area (Å²) in [6, 6.07) is 5.05. The molecular weight excluding hydrogens is 252 g/mol. The topological polar surface area (TPSA) is 41.5 Å². The number of halogens is 3. The Morgan fingerprint density at radius 1 is 1.41 bits per heavy atom. The Kier molecular flexibility index (Phi) is 6.18. The molecule has 0 radical (unpaired) electrons. The Labute approximate surface area is 103 Å². The zero-order valence-corrected chi connectivity index (χ0v) is 9.88. The maximum absolute atomic E-state index is 11.7. The second kappa shape index (κ2) is 7.42. The molecule has 0 spiro atoms. The van der Waals surface area contributed by atoms with E-state index in [4.69, 9.17) is 11.6 Å². The molecule has 2 N–H and O–H groups in total. The van der Waals surface area contributed by atoms with Crippen LogP contribution in [-0.2, 0) is 11.3 Å². The Hall–Kier alpha value is -0.910. The van der Waals surface area contributed by atoms with Gasteiger partial charge in [-0.3, -0.25) is 0 Å². The number of aromatic hydroxyl groups is 1. The summed E-state index contributed by atoms with van der Waals surface area (Å²) in [7, 11) is 0. The molecule has 17 heavy (non-hydrogen) atoms. The van der Waals surface area contributed by atoms with Crippen LogP contribution in [-0.4, -0.2) is 31.3 Å². The molecule has 0 bridgehead atoms. The molecule has 0 saturated carbocycles. The minimum absolute atomic E-state index is 0.0372. The van der Waals surface area contributed by atoms with Gasteiger partial charge in [0, 0.05) is 18.7 Å². The summed E-state index contributed by atoms with van der Waals surface area (Å²) in [5.74, 6) is 0.0372. The number of para-hydroxylation sites is 1. The van der Waals surface area contributed by atoms with Crippen molar-refractivity contribution in [2.24, 2.45) is 0 Å². The number of hydrogen-bond donors (Lipinski definition) is 2. The summed E-state index contributed by atoms with van der Waals surface area (Å²) in [5.41, 5.74) is 0.659. The van der Waals surface area contributed by atoms with Crippen LogP contribution in [0.1, 0.15) is 5.56 Å². The highest BCUT2D eigenvalue weighted by atomic mass is 35.5. The van der Waals surface area contributed by atoms with E-state index in [1.54, 1.807) is 18.2 Å². The maximum Gasteiger partial charge on any atom is 0.261 e. The van der Waals surface area contributed by atoms with Gasteiger partial charge in [0.15, 0.2) is 0 Å². The van der Waals surface area contributed by atoms with E-state index in [0.29, 0.717) is 23.7 Å². The lowest BCUT2D eigenvalue weighted by molar-refractivity contribution is 0.0187. The number of nitrogens with one attached hydrogen (secondary N) is 1. The first-order valence-electron chi connectivity index (χ1n) is 5.14. The molecule has 0 aromatic heterocycles. The van der Waals surface area contributed by atoms with Crippen LogP contribution in [0.3, 0.4) is 0 Å². The van der Waals surface area contributed by atoms with Crippen LogP contribution in [0.25, 0.3) is 0 Å². The molecule has 0 amide bonds. The van der Waals surface area contributed by atoms with Crippen LogP contribution in [0.5, 0.6) is 5.75 Å². The van der Waals surface area contributed by atoms with Gasteiger partial charge in [-0.2, -0.15) is 0 Å². The van der Waals surface area contributed by atoms with Gasteiger partial charge in [-0.05, 0) is 6.07 Å². The molecule has 6 heteroatoms. The van der Waals surface area contributed by atoms with Crippen LogP contribution in [0.2, 0.25) is 5.02 Å². The number of phenolic OH excluding ortho intramolecular Hbond substituents is 1. The molecule has 0 aliphatic carbocycles. The third kappa shape index (κ3) is 5.30. The second-order valence-electron chi connectivity index (χ2n) is 3.39. The summed E-state index contributed by atoms with van der Waals surface area (Å²) < 4.78 is 28.1. The van der Waals surface area contributed by atoms with Gasteiger partial charge in [0.2, 0.25) is 0 Å². The van der Waals surface area contributed by atoms with E-state index >= 15 is 0 Å². The molecule has 1 aromatic carbocycles. The van der Waals surface area contributed by atoms with Crippen molar-refractivity contribution in [2.45, 2.75) is 13.0 Å². The van der Waals surface area contributed by atoms with Crippen molar-refractivity contribution < 1.29 is 18.6 Å². The fraction of sp³-hybridized carbons (Fsp3) is 0.455. The molecule has 0 atom stereocenters. The standard InChI is InChI=1S/C11H14ClF2NO2/c12-9-3-1-2-8(11(9)16)6-15-4-5-17-7-10(13)14/h1-3,10,15-16H,4-7H2. The van der Waals surface area contributed by atoms with Gasteiger partial charge in [0.05, 0.1) is 11.6 Å². The summed E-state index contributed by atoms with van der Waals surface area (Å²) in [5, 5.41) is 12.8. The zero-order chi connectivity index (χ0) is 12.7. The molecular formula is C11H14ClF2NO2. The molecule has 3 nitrogen and oxygen atoms in total. The van der Waals surface area contributed by atoms with Crippen LogP contribution >= 0.6 is 11.6 Å². The highest BCUT2D eigenvalue weighted by Crippen LogP contribution is 2.26. The number of ether oxygens (including phenoxy) is 1. The Balaban J connectivity index is 2.20. The van der Waals surface area contributed by atoms with Crippen molar-refractivity contribution in [1.82, 2.24) is 5.32 Å². The SMILES string of the molecule is Oc1c(Cl)cccc1CNCCOCC(F)F. The van der Waals surface area contributed by atoms with Crippen molar-refractivity contribution >= 4 is 11.6 Å². The monoisotopic (exact) mass is 265 g/mol. The van der Waals surface area contributed by atoms with Crippen molar-refractivity contribution in [3.05, 3.63) is 28.8 Å². The lowest BCUT2D eigenvalue weighted by Crippen LogP contribution is -2.20. The normalized spacial score (nSPS) is 11.1. The van der Waals surface area contributed by atoms with Gasteiger partial charge >= 0.3 is 0 Å². The average molecular weight is 266 g/mol. The van der Waals surface area contributed by atoms with Crippen molar-refractivity contribution in [1.29, 1.82) is 0 Å². The highest BCUT2D eigenvalue weighted by molar-refractivity contribution is 6.32. The van der Waals surface area contributed by atoms with Gasteiger partial charge in [0.25, 0.3) is 6.43 Å². The van der Waals surface area contributed by atoms with E-state index in [9.17, 15) is 13.9 Å². The summed E-state index contributed by atoms with van der Waals surface area (Å²) in [4.78, 5) is 0. The first kappa shape index (κ1) is 14.2. The fourth-order valence-electron chi connectivity index (χ4n) is 1.24. The smallest absolute Gasteiger partial charge is 0.261 e. The van der Waals surface area contributed by atoms with Crippen LogP contribution in [0, 0.1) is 0 Å². The molecule has 0 aliphatic heterocycles. The van der Waals surface area contributed by atoms with Crippen molar-refractivity contribution in [2.75, 3.05) is 19.8 Å². The van der Waals surface area contributed by atoms with Gasteiger partial charge in [-0.15, -0.1) is 0 Å². The molecule has 1 rings (SSSR count). The highest BCUT2D eigenvalue weighted by Gasteiger charge is 2.04. The number of alkyl halides is 2. The number of rotatable bonds is 7. The van der Waals surface area contributed by atoms with Gasteiger partial charge < -0.3 is 15.2 Å². The van der Waals surface area contributed by atoms with E-state index in [0.717, 1.165) is 0 Å². The lowest BCUT2D eigenvalue weighted by Gasteiger charge is -2.08. The van der Waals surface area contributed by atoms with E-state index in [1.807, 2.05) is 0 Å². The van der Waals surface area contributed by atoms with E-state index in [-0.39, 0.29) is 12.4 Å². The summed E-state index contributed by atoms with van der Waals surface area (Å²) >= 11 is 5.73. The maximum atomic E-state index is 11.7. The molecule has 0 saturated heterocycles. The van der Waals surface area contributed by atoms with Crippen LogP contribution in [0.4, 0.5) is 8.78 Å². The van der Waals surface area contributed by atoms with Crippen molar-refractivity contribution in [3.8, 4) is 5.75 Å². The van der Waals surface area contributed by atoms with Gasteiger partial charge in [-0.25, -0.2) is 8.78 Å². The predicted octanol–water partition coefficient (Wildman–Crippen LogP) is 2.42. The number of benzene rings is 1. The Morgan fingerprint density at radius 3 is 2.88 bits per heavy atom. The van der Waals surface area contributed by atoms with Crippen molar-refractivity contribution in [3.63, 3.8) is 0 Å². The van der Waals surface area contributed by atoms with Crippen LogP contribution < -0.4 is 5.32 Å². The number of phenols is 1. The lowest BCUT2D eigenvalue weighted by atomic mass is 10.2. The summed E-state index contributed by atoms with van der Waals surface area (Å²) in [6.07, 6.45) is -2.44. The average Bonchev–Trinajstić information content (AvgIpc) is 2.28. The molecule has 0 aliphatic rings. The fourth-order valence-corrected chi connectivity index (χ4v) is 1.44. The van der Waals surface area contributed by atoms with Gasteiger partial charge in [0.1, 0.15) is 12.4 Å². The quantitative estimate of drug-likeness (QED) is 0.744. The third-order valence-electron chi connectivity index (χ3n) is 2.05. The van der Waals surface area contributed by atoms with Gasteiger partial charge in [-0.1, -0.05) is 23.7 Å². The molecule has 0 unspecified atom stereocenters. The largest absolute Gasteiger partial charge is 0.506 e. The Morgan fingerprint density at radius 2 is 2.18 bits per heavy atom. The third-order valence-corrected chi connectivity index (χ3v) is 2.36. The molecule has 0 heterocycles. The summed E-state index contributed by atoms with van der Waals surface area (Å²) in [6.45, 7) is 0.485. The minimum Gasteiger partial charge on any atom is -0.506 e.